The summed E-state index contributed by atoms with van der Waals surface area (Å²) in [6, 6.07) is 5.47. The second-order valence-corrected chi connectivity index (χ2v) is 6.36. The number of aryl methyl sites for hydroxylation is 2. The molecule has 0 aliphatic rings. The molecule has 26 heavy (non-hydrogen) atoms. The van der Waals surface area contributed by atoms with Gasteiger partial charge in [0.05, 0.1) is 12.0 Å². The molecule has 0 atom stereocenters. The molecule has 0 radical (unpaired) electrons. The number of halogens is 2. The van der Waals surface area contributed by atoms with Crippen molar-refractivity contribution in [3.8, 4) is 11.5 Å². The van der Waals surface area contributed by atoms with Crippen LogP contribution in [0.5, 0.6) is 11.5 Å². The van der Waals surface area contributed by atoms with Crippen LogP contribution >= 0.6 is 11.3 Å². The molecule has 0 bridgehead atoms. The van der Waals surface area contributed by atoms with Gasteiger partial charge in [-0.3, -0.25) is 20.4 Å². The fourth-order valence-corrected chi connectivity index (χ4v) is 3.24. The lowest BCUT2D eigenvalue weighted by Gasteiger charge is -2.11. The van der Waals surface area contributed by atoms with Gasteiger partial charge in [-0.1, -0.05) is 6.92 Å². The summed E-state index contributed by atoms with van der Waals surface area (Å²) in [5.41, 5.74) is 5.74. The molecule has 0 aliphatic heterocycles. The highest BCUT2D eigenvalue weighted by Crippen LogP contribution is 2.29. The fourth-order valence-electron chi connectivity index (χ4n) is 2.23. The highest BCUT2D eigenvalue weighted by atomic mass is 32.1. The van der Waals surface area contributed by atoms with E-state index in [1.807, 2.05) is 13.8 Å². The summed E-state index contributed by atoms with van der Waals surface area (Å²) >= 11 is 1.36. The summed E-state index contributed by atoms with van der Waals surface area (Å²) < 4.78 is 33.9. The number of methoxy groups -OCH3 is 1. The average Bonchev–Trinajstić information content (AvgIpc) is 3.00. The average molecular weight is 384 g/mol. The number of hydrazine groups is 1. The number of amides is 2. The van der Waals surface area contributed by atoms with Crippen molar-refractivity contribution in [3.05, 3.63) is 45.1 Å². The van der Waals surface area contributed by atoms with E-state index in [9.17, 15) is 18.4 Å². The Morgan fingerprint density at radius 3 is 2.42 bits per heavy atom. The molecule has 2 amide bonds. The molecule has 0 fully saturated rings. The SMILES string of the molecule is CCc1sc(C(=O)NNC(=O)c2ccc(OC(F)F)c(OC)c2)cc1C. The molecule has 0 saturated heterocycles. The largest absolute Gasteiger partial charge is 0.493 e. The molecule has 6 nitrogen and oxygen atoms in total. The Kier molecular flexibility index (Phi) is 6.51. The Balaban J connectivity index is 2.03. The molecule has 2 aromatic rings. The van der Waals surface area contributed by atoms with Gasteiger partial charge in [0.2, 0.25) is 0 Å². The second-order valence-electron chi connectivity index (χ2n) is 5.22. The molecule has 140 valence electrons. The number of alkyl halides is 2. The van der Waals surface area contributed by atoms with Crippen LogP contribution in [0.15, 0.2) is 24.3 Å². The van der Waals surface area contributed by atoms with E-state index in [1.54, 1.807) is 6.07 Å². The van der Waals surface area contributed by atoms with Crippen LogP contribution in [0.1, 0.15) is 37.4 Å². The molecule has 0 saturated carbocycles. The molecule has 9 heteroatoms. The van der Waals surface area contributed by atoms with Crippen molar-refractivity contribution < 1.29 is 27.8 Å². The first kappa shape index (κ1) is 19.6. The highest BCUT2D eigenvalue weighted by molar-refractivity contribution is 7.14. The number of ether oxygens (including phenoxy) is 2. The molecule has 0 spiro atoms. The van der Waals surface area contributed by atoms with Gasteiger partial charge in [0.15, 0.2) is 11.5 Å². The number of hydrogen-bond donors (Lipinski definition) is 2. The van der Waals surface area contributed by atoms with Crippen LogP contribution in [-0.4, -0.2) is 25.5 Å². The molecule has 1 aromatic heterocycles. The minimum absolute atomic E-state index is 0.0225. The van der Waals surface area contributed by atoms with Gasteiger partial charge in [0, 0.05) is 10.4 Å². The third-order valence-corrected chi connectivity index (χ3v) is 4.88. The first-order valence-electron chi connectivity index (χ1n) is 7.68. The lowest BCUT2D eigenvalue weighted by atomic mass is 10.2. The van der Waals surface area contributed by atoms with E-state index < -0.39 is 18.4 Å². The van der Waals surface area contributed by atoms with E-state index in [0.717, 1.165) is 16.9 Å². The van der Waals surface area contributed by atoms with Crippen LogP contribution in [0.4, 0.5) is 8.78 Å². The van der Waals surface area contributed by atoms with Gasteiger partial charge in [0.1, 0.15) is 0 Å². The first-order chi connectivity index (χ1) is 12.3. The van der Waals surface area contributed by atoms with Crippen LogP contribution in [0.2, 0.25) is 0 Å². The van der Waals surface area contributed by atoms with Gasteiger partial charge in [-0.25, -0.2) is 0 Å². The predicted molar refractivity (Wildman–Crippen MR) is 93.0 cm³/mol. The Morgan fingerprint density at radius 1 is 1.15 bits per heavy atom. The molecule has 2 rings (SSSR count). The summed E-state index contributed by atoms with van der Waals surface area (Å²) in [5.74, 6) is -1.27. The summed E-state index contributed by atoms with van der Waals surface area (Å²) in [4.78, 5) is 25.8. The van der Waals surface area contributed by atoms with Crippen molar-refractivity contribution in [3.63, 3.8) is 0 Å². The quantitative estimate of drug-likeness (QED) is 0.750. The minimum atomic E-state index is -3.01. The Labute approximate surface area is 153 Å². The zero-order chi connectivity index (χ0) is 19.3. The van der Waals surface area contributed by atoms with Gasteiger partial charge >= 0.3 is 6.61 Å². The molecule has 0 unspecified atom stereocenters. The van der Waals surface area contributed by atoms with Crippen molar-refractivity contribution in [2.24, 2.45) is 0 Å². The number of thiophene rings is 1. The third kappa shape index (κ3) is 4.69. The number of hydrogen-bond acceptors (Lipinski definition) is 5. The fraction of sp³-hybridized carbons (Fsp3) is 0.294. The molecular weight excluding hydrogens is 366 g/mol. The third-order valence-electron chi connectivity index (χ3n) is 3.50. The summed E-state index contributed by atoms with van der Waals surface area (Å²) in [6.07, 6.45) is 0.822. The van der Waals surface area contributed by atoms with Crippen molar-refractivity contribution in [1.82, 2.24) is 10.9 Å². The second kappa shape index (κ2) is 8.61. The van der Waals surface area contributed by atoms with Gasteiger partial charge in [0.25, 0.3) is 11.8 Å². The standard InChI is InChI=1S/C17H18F2N2O4S/c1-4-13-9(2)7-14(26-13)16(23)21-20-15(22)10-5-6-11(25-17(18)19)12(8-10)24-3/h5-8,17H,4H2,1-3H3,(H,20,22)(H,21,23). The molecule has 0 aliphatic carbocycles. The topological polar surface area (TPSA) is 76.7 Å². The maximum absolute atomic E-state index is 12.3. The van der Waals surface area contributed by atoms with Crippen molar-refractivity contribution in [2.75, 3.05) is 7.11 Å². The van der Waals surface area contributed by atoms with Gasteiger partial charge in [-0.2, -0.15) is 8.78 Å². The van der Waals surface area contributed by atoms with E-state index in [1.165, 1.54) is 36.6 Å². The van der Waals surface area contributed by atoms with E-state index in [4.69, 9.17) is 4.74 Å². The predicted octanol–water partition coefficient (Wildman–Crippen LogP) is 3.30. The van der Waals surface area contributed by atoms with Crippen LogP contribution in [0.3, 0.4) is 0 Å². The number of benzene rings is 1. The normalized spacial score (nSPS) is 10.5. The Morgan fingerprint density at radius 2 is 1.85 bits per heavy atom. The lowest BCUT2D eigenvalue weighted by Crippen LogP contribution is -2.41. The van der Waals surface area contributed by atoms with Gasteiger partial charge < -0.3 is 9.47 Å². The number of carbonyl (C=O) groups is 2. The lowest BCUT2D eigenvalue weighted by molar-refractivity contribution is -0.0512. The van der Waals surface area contributed by atoms with E-state index in [2.05, 4.69) is 15.6 Å². The van der Waals surface area contributed by atoms with Crippen LogP contribution in [-0.2, 0) is 6.42 Å². The molecule has 2 N–H and O–H groups in total. The summed E-state index contributed by atoms with van der Waals surface area (Å²) in [5, 5.41) is 0. The first-order valence-corrected chi connectivity index (χ1v) is 8.50. The Hall–Kier alpha value is -2.68. The maximum Gasteiger partial charge on any atom is 0.387 e. The molecule has 1 aromatic carbocycles. The highest BCUT2D eigenvalue weighted by Gasteiger charge is 2.16. The maximum atomic E-state index is 12.3. The molecule has 1 heterocycles. The minimum Gasteiger partial charge on any atom is -0.493 e. The summed E-state index contributed by atoms with van der Waals surface area (Å²) in [7, 11) is 1.27. The van der Waals surface area contributed by atoms with E-state index in [0.29, 0.717) is 4.88 Å². The number of carbonyl (C=O) groups excluding carboxylic acids is 2. The molecular formula is C17H18F2N2O4S. The van der Waals surface area contributed by atoms with Crippen LogP contribution < -0.4 is 20.3 Å². The Bertz CT molecular complexity index is 808. The van der Waals surface area contributed by atoms with Gasteiger partial charge in [-0.05, 0) is 43.2 Å². The number of rotatable bonds is 6. The zero-order valence-electron chi connectivity index (χ0n) is 14.4. The zero-order valence-corrected chi connectivity index (χ0v) is 15.2. The van der Waals surface area contributed by atoms with E-state index >= 15 is 0 Å². The van der Waals surface area contributed by atoms with Crippen molar-refractivity contribution >= 4 is 23.2 Å². The van der Waals surface area contributed by atoms with Crippen molar-refractivity contribution in [1.29, 1.82) is 0 Å². The van der Waals surface area contributed by atoms with E-state index in [-0.39, 0.29) is 17.1 Å². The summed E-state index contributed by atoms with van der Waals surface area (Å²) in [6.45, 7) is 0.905. The van der Waals surface area contributed by atoms with Crippen molar-refractivity contribution in [2.45, 2.75) is 26.9 Å². The van der Waals surface area contributed by atoms with Crippen LogP contribution in [0.25, 0.3) is 0 Å². The monoisotopic (exact) mass is 384 g/mol. The van der Waals surface area contributed by atoms with Gasteiger partial charge in [-0.15, -0.1) is 11.3 Å². The van der Waals surface area contributed by atoms with Crippen LogP contribution in [0, 0.1) is 6.92 Å². The number of nitrogens with one attached hydrogen (secondary N) is 2. The smallest absolute Gasteiger partial charge is 0.387 e.